The Morgan fingerprint density at radius 3 is 2.66 bits per heavy atom. The number of rotatable bonds is 6. The molecule has 0 spiro atoms. The van der Waals surface area contributed by atoms with Gasteiger partial charge in [-0.25, -0.2) is 4.98 Å². The summed E-state index contributed by atoms with van der Waals surface area (Å²) in [4.78, 5) is 42.8. The highest BCUT2D eigenvalue weighted by molar-refractivity contribution is 7.20. The number of nitrogens with zero attached hydrogens (tertiary/aromatic N) is 2. The summed E-state index contributed by atoms with van der Waals surface area (Å²) in [5.41, 5.74) is 1.85. The summed E-state index contributed by atoms with van der Waals surface area (Å²) in [6.45, 7) is 7.58. The molecular formula is C21H23N3O4S. The highest BCUT2D eigenvalue weighted by Gasteiger charge is 2.20. The Morgan fingerprint density at radius 2 is 1.97 bits per heavy atom. The molecule has 0 fully saturated rings. The molecule has 1 aromatic carbocycles. The van der Waals surface area contributed by atoms with Crippen LogP contribution in [0.3, 0.4) is 0 Å². The van der Waals surface area contributed by atoms with Gasteiger partial charge in [0.15, 0.2) is 0 Å². The number of anilines is 1. The van der Waals surface area contributed by atoms with E-state index < -0.39 is 5.97 Å². The van der Waals surface area contributed by atoms with Crippen LogP contribution in [0.2, 0.25) is 0 Å². The topological polar surface area (TPSA) is 90.3 Å². The van der Waals surface area contributed by atoms with Gasteiger partial charge in [0.25, 0.3) is 11.5 Å². The quantitative estimate of drug-likeness (QED) is 0.625. The summed E-state index contributed by atoms with van der Waals surface area (Å²) < 4.78 is 6.35. The molecule has 8 heteroatoms. The smallest absolute Gasteiger partial charge is 0.326 e. The largest absolute Gasteiger partial charge is 0.464 e. The van der Waals surface area contributed by atoms with E-state index in [1.807, 2.05) is 45.0 Å². The number of carbonyl (C=O) groups excluding carboxylic acids is 2. The monoisotopic (exact) mass is 413 g/mol. The number of esters is 1. The molecule has 0 aliphatic rings. The molecule has 3 aromatic rings. The van der Waals surface area contributed by atoms with E-state index in [1.165, 1.54) is 10.9 Å². The van der Waals surface area contributed by atoms with E-state index in [-0.39, 0.29) is 23.9 Å². The van der Waals surface area contributed by atoms with Crippen LogP contribution in [0.5, 0.6) is 0 Å². The fraction of sp³-hybridized carbons (Fsp3) is 0.333. The fourth-order valence-corrected chi connectivity index (χ4v) is 3.86. The predicted octanol–water partition coefficient (Wildman–Crippen LogP) is 3.53. The molecule has 1 amide bonds. The Balaban J connectivity index is 1.88. The number of hydrogen-bond donors (Lipinski definition) is 1. The van der Waals surface area contributed by atoms with Crippen molar-refractivity contribution in [2.75, 3.05) is 11.9 Å². The molecule has 0 saturated carbocycles. The van der Waals surface area contributed by atoms with Crippen molar-refractivity contribution in [3.8, 4) is 0 Å². The second kappa shape index (κ2) is 8.57. The second-order valence-electron chi connectivity index (χ2n) is 7.26. The maximum absolute atomic E-state index is 12.9. The van der Waals surface area contributed by atoms with Gasteiger partial charge in [0, 0.05) is 5.69 Å². The van der Waals surface area contributed by atoms with Crippen LogP contribution < -0.4 is 10.9 Å². The van der Waals surface area contributed by atoms with Crippen molar-refractivity contribution in [3.63, 3.8) is 0 Å². The van der Waals surface area contributed by atoms with Crippen LogP contribution in [-0.2, 0) is 16.1 Å². The summed E-state index contributed by atoms with van der Waals surface area (Å²) in [7, 11) is 0. The van der Waals surface area contributed by atoms with Crippen LogP contribution >= 0.6 is 11.3 Å². The van der Waals surface area contributed by atoms with E-state index in [9.17, 15) is 14.4 Å². The number of aromatic nitrogens is 2. The van der Waals surface area contributed by atoms with Crippen molar-refractivity contribution >= 4 is 39.1 Å². The average molecular weight is 413 g/mol. The van der Waals surface area contributed by atoms with Gasteiger partial charge >= 0.3 is 5.97 Å². The van der Waals surface area contributed by atoms with Crippen molar-refractivity contribution in [1.82, 2.24) is 9.55 Å². The number of hydrogen-bond acceptors (Lipinski definition) is 6. The second-order valence-corrected chi connectivity index (χ2v) is 8.26. The minimum Gasteiger partial charge on any atom is -0.464 e. The van der Waals surface area contributed by atoms with Gasteiger partial charge in [-0.05, 0) is 37.0 Å². The fourth-order valence-electron chi connectivity index (χ4n) is 2.82. The lowest BCUT2D eigenvalue weighted by atomic mass is 10.2. The van der Waals surface area contributed by atoms with Crippen molar-refractivity contribution < 1.29 is 14.3 Å². The number of fused-ring (bicyclic) bond motifs is 1. The van der Waals surface area contributed by atoms with Crippen molar-refractivity contribution in [2.24, 2.45) is 5.92 Å². The molecule has 0 aliphatic heterocycles. The summed E-state index contributed by atoms with van der Waals surface area (Å²) >= 11 is 1.16. The standard InChI is InChI=1S/C21H23N3O4S/c1-12(2)10-28-16(25)9-24-11-22-20-17(21(24)27)14(4)18(29-20)19(26)23-15-8-6-5-7-13(15)3/h5-8,11-12H,9-10H2,1-4H3,(H,23,26). The lowest BCUT2D eigenvalue weighted by Crippen LogP contribution is -2.26. The Kier molecular flexibility index (Phi) is 6.12. The lowest BCUT2D eigenvalue weighted by molar-refractivity contribution is -0.145. The first-order valence-electron chi connectivity index (χ1n) is 9.29. The number of ether oxygens (including phenoxy) is 1. The number of aryl methyl sites for hydroxylation is 2. The molecule has 7 nitrogen and oxygen atoms in total. The van der Waals surface area contributed by atoms with E-state index in [0.29, 0.717) is 33.0 Å². The molecular weight excluding hydrogens is 390 g/mol. The van der Waals surface area contributed by atoms with Gasteiger partial charge in [-0.1, -0.05) is 32.0 Å². The van der Waals surface area contributed by atoms with E-state index in [0.717, 1.165) is 16.9 Å². The first-order valence-corrected chi connectivity index (χ1v) is 10.1. The number of para-hydroxylation sites is 1. The zero-order valence-corrected chi connectivity index (χ0v) is 17.6. The van der Waals surface area contributed by atoms with Gasteiger partial charge in [-0.2, -0.15) is 0 Å². The van der Waals surface area contributed by atoms with E-state index in [2.05, 4.69) is 10.3 Å². The first kappa shape index (κ1) is 20.7. The molecule has 0 saturated heterocycles. The predicted molar refractivity (Wildman–Crippen MR) is 114 cm³/mol. The van der Waals surface area contributed by atoms with Crippen LogP contribution in [-0.4, -0.2) is 28.0 Å². The van der Waals surface area contributed by atoms with E-state index in [4.69, 9.17) is 4.74 Å². The first-order chi connectivity index (χ1) is 13.8. The zero-order chi connectivity index (χ0) is 21.1. The third-order valence-corrected chi connectivity index (χ3v) is 5.59. The molecule has 0 bridgehead atoms. The molecule has 2 heterocycles. The Hall–Kier alpha value is -3.00. The van der Waals surface area contributed by atoms with E-state index >= 15 is 0 Å². The minimum atomic E-state index is -0.493. The van der Waals surface area contributed by atoms with Crippen LogP contribution in [0, 0.1) is 19.8 Å². The number of benzene rings is 1. The van der Waals surface area contributed by atoms with Crippen molar-refractivity contribution in [3.05, 3.63) is 57.0 Å². The van der Waals surface area contributed by atoms with Gasteiger partial charge in [-0.15, -0.1) is 11.3 Å². The van der Waals surface area contributed by atoms with Gasteiger partial charge in [0.2, 0.25) is 0 Å². The minimum absolute atomic E-state index is 0.213. The third kappa shape index (κ3) is 4.54. The summed E-state index contributed by atoms with van der Waals surface area (Å²) in [5, 5.41) is 3.23. The normalized spacial score (nSPS) is 11.1. The lowest BCUT2D eigenvalue weighted by Gasteiger charge is -2.08. The van der Waals surface area contributed by atoms with Crippen molar-refractivity contribution in [2.45, 2.75) is 34.2 Å². The Bertz CT molecular complexity index is 1130. The third-order valence-electron chi connectivity index (χ3n) is 4.39. The van der Waals surface area contributed by atoms with Crippen LogP contribution in [0.15, 0.2) is 35.4 Å². The highest BCUT2D eigenvalue weighted by atomic mass is 32.1. The zero-order valence-electron chi connectivity index (χ0n) is 16.8. The molecule has 152 valence electrons. The maximum Gasteiger partial charge on any atom is 0.326 e. The number of nitrogens with one attached hydrogen (secondary N) is 1. The van der Waals surface area contributed by atoms with Gasteiger partial charge in [0.1, 0.15) is 11.4 Å². The van der Waals surface area contributed by atoms with Crippen LogP contribution in [0.4, 0.5) is 5.69 Å². The summed E-state index contributed by atoms with van der Waals surface area (Å²) in [6.07, 6.45) is 1.32. The highest BCUT2D eigenvalue weighted by Crippen LogP contribution is 2.28. The molecule has 3 rings (SSSR count). The molecule has 29 heavy (non-hydrogen) atoms. The summed E-state index contributed by atoms with van der Waals surface area (Å²) in [5.74, 6) is -0.570. The molecule has 0 atom stereocenters. The number of thiophene rings is 1. The van der Waals surface area contributed by atoms with Gasteiger partial charge in [-0.3, -0.25) is 19.0 Å². The molecule has 1 N–H and O–H groups in total. The Labute approximate surface area is 172 Å². The molecule has 2 aromatic heterocycles. The Morgan fingerprint density at radius 1 is 1.24 bits per heavy atom. The molecule has 0 unspecified atom stereocenters. The van der Waals surface area contributed by atoms with Gasteiger partial charge < -0.3 is 10.1 Å². The maximum atomic E-state index is 12.9. The molecule has 0 radical (unpaired) electrons. The molecule has 0 aliphatic carbocycles. The van der Waals surface area contributed by atoms with Gasteiger partial charge in [0.05, 0.1) is 23.2 Å². The number of carbonyl (C=O) groups is 2. The van der Waals surface area contributed by atoms with E-state index in [1.54, 1.807) is 6.92 Å². The van der Waals surface area contributed by atoms with Crippen molar-refractivity contribution in [1.29, 1.82) is 0 Å². The SMILES string of the molecule is Cc1ccccc1NC(=O)c1sc2ncn(CC(=O)OCC(C)C)c(=O)c2c1C. The number of amides is 1. The van der Waals surface area contributed by atoms with Crippen LogP contribution in [0.1, 0.15) is 34.6 Å². The average Bonchev–Trinajstić information content (AvgIpc) is 3.01. The van der Waals surface area contributed by atoms with Crippen LogP contribution in [0.25, 0.3) is 10.2 Å². The summed E-state index contributed by atoms with van der Waals surface area (Å²) in [6, 6.07) is 7.48.